The minimum atomic E-state index is 0.522. The predicted octanol–water partition coefficient (Wildman–Crippen LogP) is 1.17. The molecule has 0 unspecified atom stereocenters. The van der Waals surface area contributed by atoms with E-state index in [2.05, 4.69) is 5.32 Å². The molecule has 1 aliphatic heterocycles. The minimum absolute atomic E-state index is 0.522. The zero-order valence-corrected chi connectivity index (χ0v) is 7.01. The second-order valence-corrected chi connectivity index (χ2v) is 3.72. The SMILES string of the molecule is C1C[C@H](OCCC2CC2)CN1. The number of hydrogen-bond donors (Lipinski definition) is 1. The maximum absolute atomic E-state index is 5.69. The fraction of sp³-hybridized carbons (Fsp3) is 1.00. The summed E-state index contributed by atoms with van der Waals surface area (Å²) in [5, 5.41) is 3.30. The van der Waals surface area contributed by atoms with E-state index in [4.69, 9.17) is 4.74 Å². The molecule has 0 bridgehead atoms. The molecule has 0 spiro atoms. The smallest absolute Gasteiger partial charge is 0.0711 e. The monoisotopic (exact) mass is 155 g/mol. The molecule has 1 N–H and O–H groups in total. The Bertz CT molecular complexity index is 117. The van der Waals surface area contributed by atoms with Gasteiger partial charge in [-0.15, -0.1) is 0 Å². The highest BCUT2D eigenvalue weighted by Crippen LogP contribution is 2.32. The zero-order valence-electron chi connectivity index (χ0n) is 7.01. The lowest BCUT2D eigenvalue weighted by Gasteiger charge is -2.09. The fourth-order valence-corrected chi connectivity index (χ4v) is 1.58. The normalized spacial score (nSPS) is 31.1. The summed E-state index contributed by atoms with van der Waals surface area (Å²) in [7, 11) is 0. The van der Waals surface area contributed by atoms with Crippen molar-refractivity contribution in [2.75, 3.05) is 19.7 Å². The molecule has 1 heterocycles. The zero-order chi connectivity index (χ0) is 7.52. The Morgan fingerprint density at radius 3 is 2.82 bits per heavy atom. The van der Waals surface area contributed by atoms with Gasteiger partial charge in [-0.25, -0.2) is 0 Å². The Kier molecular flexibility index (Phi) is 2.44. The van der Waals surface area contributed by atoms with Gasteiger partial charge in [0.05, 0.1) is 6.10 Å². The van der Waals surface area contributed by atoms with Crippen molar-refractivity contribution in [2.24, 2.45) is 5.92 Å². The number of rotatable bonds is 4. The van der Waals surface area contributed by atoms with Gasteiger partial charge >= 0.3 is 0 Å². The first-order chi connectivity index (χ1) is 5.45. The molecule has 2 rings (SSSR count). The Morgan fingerprint density at radius 1 is 1.27 bits per heavy atom. The summed E-state index contributed by atoms with van der Waals surface area (Å²) in [5.74, 6) is 1.02. The third-order valence-corrected chi connectivity index (χ3v) is 2.59. The van der Waals surface area contributed by atoms with Crippen molar-refractivity contribution in [1.29, 1.82) is 0 Å². The van der Waals surface area contributed by atoms with Crippen LogP contribution < -0.4 is 5.32 Å². The third kappa shape index (κ3) is 2.46. The minimum Gasteiger partial charge on any atom is -0.377 e. The summed E-state index contributed by atoms with van der Waals surface area (Å²) in [6.45, 7) is 3.22. The quantitative estimate of drug-likeness (QED) is 0.658. The lowest BCUT2D eigenvalue weighted by Crippen LogP contribution is -2.17. The predicted molar refractivity (Wildman–Crippen MR) is 44.6 cm³/mol. The lowest BCUT2D eigenvalue weighted by molar-refractivity contribution is 0.0629. The van der Waals surface area contributed by atoms with Crippen LogP contribution in [0.3, 0.4) is 0 Å². The molecule has 64 valence electrons. The van der Waals surface area contributed by atoms with E-state index < -0.39 is 0 Å². The topological polar surface area (TPSA) is 21.3 Å². The molecule has 0 aromatic carbocycles. The molecular weight excluding hydrogens is 138 g/mol. The summed E-state index contributed by atoms with van der Waals surface area (Å²) >= 11 is 0. The van der Waals surface area contributed by atoms with E-state index in [9.17, 15) is 0 Å². The van der Waals surface area contributed by atoms with Crippen LogP contribution in [0.25, 0.3) is 0 Å². The standard InChI is InChI=1S/C9H17NO/c1-2-8(1)4-6-11-9-3-5-10-7-9/h8-10H,1-7H2/t9-/m0/s1. The maximum Gasteiger partial charge on any atom is 0.0711 e. The molecule has 2 fully saturated rings. The largest absolute Gasteiger partial charge is 0.377 e. The lowest BCUT2D eigenvalue weighted by atomic mass is 10.3. The Balaban J connectivity index is 1.51. The van der Waals surface area contributed by atoms with Gasteiger partial charge in [-0.2, -0.15) is 0 Å². The second kappa shape index (κ2) is 3.55. The van der Waals surface area contributed by atoms with Crippen molar-refractivity contribution in [3.8, 4) is 0 Å². The van der Waals surface area contributed by atoms with Crippen LogP contribution in [0.2, 0.25) is 0 Å². The number of hydrogen-bond acceptors (Lipinski definition) is 2. The van der Waals surface area contributed by atoms with E-state index in [1.807, 2.05) is 0 Å². The molecule has 1 atom stereocenters. The summed E-state index contributed by atoms with van der Waals surface area (Å²) in [5.41, 5.74) is 0. The van der Waals surface area contributed by atoms with Gasteiger partial charge < -0.3 is 10.1 Å². The second-order valence-electron chi connectivity index (χ2n) is 3.72. The summed E-state index contributed by atoms with van der Waals surface area (Å²) in [6, 6.07) is 0. The fourth-order valence-electron chi connectivity index (χ4n) is 1.58. The molecule has 0 aromatic heterocycles. The number of ether oxygens (including phenoxy) is 1. The number of nitrogens with one attached hydrogen (secondary N) is 1. The average molecular weight is 155 g/mol. The molecule has 0 amide bonds. The Morgan fingerprint density at radius 2 is 2.18 bits per heavy atom. The van der Waals surface area contributed by atoms with Crippen LogP contribution in [-0.2, 0) is 4.74 Å². The van der Waals surface area contributed by atoms with Crippen molar-refractivity contribution >= 4 is 0 Å². The van der Waals surface area contributed by atoms with Crippen LogP contribution in [0.15, 0.2) is 0 Å². The highest BCUT2D eigenvalue weighted by molar-refractivity contribution is 4.74. The van der Waals surface area contributed by atoms with Crippen molar-refractivity contribution in [2.45, 2.75) is 31.8 Å². The van der Waals surface area contributed by atoms with Crippen molar-refractivity contribution in [1.82, 2.24) is 5.32 Å². The van der Waals surface area contributed by atoms with E-state index >= 15 is 0 Å². The van der Waals surface area contributed by atoms with E-state index in [-0.39, 0.29) is 0 Å². The molecule has 1 saturated heterocycles. The summed E-state index contributed by atoms with van der Waals surface area (Å²) in [4.78, 5) is 0. The van der Waals surface area contributed by atoms with Crippen LogP contribution in [0.1, 0.15) is 25.7 Å². The molecular formula is C9H17NO. The molecule has 1 aliphatic carbocycles. The van der Waals surface area contributed by atoms with Crippen LogP contribution in [0.4, 0.5) is 0 Å². The Hall–Kier alpha value is -0.0800. The molecule has 0 radical (unpaired) electrons. The molecule has 2 heteroatoms. The first-order valence-electron chi connectivity index (χ1n) is 4.77. The average Bonchev–Trinajstić information content (AvgIpc) is 2.66. The van der Waals surface area contributed by atoms with Gasteiger partial charge in [0.15, 0.2) is 0 Å². The van der Waals surface area contributed by atoms with E-state index in [0.717, 1.165) is 25.6 Å². The van der Waals surface area contributed by atoms with Crippen molar-refractivity contribution in [3.05, 3.63) is 0 Å². The highest BCUT2D eigenvalue weighted by Gasteiger charge is 2.21. The van der Waals surface area contributed by atoms with Crippen LogP contribution in [-0.4, -0.2) is 25.8 Å². The third-order valence-electron chi connectivity index (χ3n) is 2.59. The van der Waals surface area contributed by atoms with E-state index in [1.54, 1.807) is 0 Å². The van der Waals surface area contributed by atoms with Crippen molar-refractivity contribution in [3.63, 3.8) is 0 Å². The Labute approximate surface area is 68.3 Å². The van der Waals surface area contributed by atoms with Gasteiger partial charge in [-0.3, -0.25) is 0 Å². The van der Waals surface area contributed by atoms with Gasteiger partial charge in [0, 0.05) is 13.2 Å². The first-order valence-corrected chi connectivity index (χ1v) is 4.77. The molecule has 1 saturated carbocycles. The van der Waals surface area contributed by atoms with E-state index in [0.29, 0.717) is 6.10 Å². The van der Waals surface area contributed by atoms with Gasteiger partial charge in [0.25, 0.3) is 0 Å². The van der Waals surface area contributed by atoms with E-state index in [1.165, 1.54) is 25.7 Å². The maximum atomic E-state index is 5.69. The van der Waals surface area contributed by atoms with Gasteiger partial charge in [0.1, 0.15) is 0 Å². The van der Waals surface area contributed by atoms with Crippen LogP contribution >= 0.6 is 0 Å². The van der Waals surface area contributed by atoms with Crippen molar-refractivity contribution < 1.29 is 4.74 Å². The summed E-state index contributed by atoms with van der Waals surface area (Å²) in [6.07, 6.45) is 5.94. The molecule has 0 aromatic rings. The van der Waals surface area contributed by atoms with Gasteiger partial charge in [-0.05, 0) is 25.3 Å². The molecule has 2 aliphatic rings. The van der Waals surface area contributed by atoms with Crippen LogP contribution in [0.5, 0.6) is 0 Å². The first kappa shape index (κ1) is 7.56. The van der Waals surface area contributed by atoms with Gasteiger partial charge in [0.2, 0.25) is 0 Å². The molecule has 11 heavy (non-hydrogen) atoms. The summed E-state index contributed by atoms with van der Waals surface area (Å²) < 4.78 is 5.69. The van der Waals surface area contributed by atoms with Crippen LogP contribution in [0, 0.1) is 5.92 Å². The highest BCUT2D eigenvalue weighted by atomic mass is 16.5. The van der Waals surface area contributed by atoms with Gasteiger partial charge in [-0.1, -0.05) is 12.8 Å². The molecule has 2 nitrogen and oxygen atoms in total.